The predicted octanol–water partition coefficient (Wildman–Crippen LogP) is 4.20. The smallest absolute Gasteiger partial charge is 0.327 e. The van der Waals surface area contributed by atoms with Gasteiger partial charge in [0, 0.05) is 26.8 Å². The number of hydrogen-bond donors (Lipinski definition) is 1. The molecule has 2 aromatic rings. The fourth-order valence-electron chi connectivity index (χ4n) is 4.64. The Labute approximate surface area is 225 Å². The standard InChI is InChI=1S/C28H37N3O6Si/c1-19(2)37-22-11-8-21(9-12-22)28(17-30-16-20-7-10-23(35-3)15-24(20)25(30)32)26(33)31(27(34)29-28)18-36-13-14-38(4,5)6/h7-12,15,19H,13-14,16-18H2,1-6H3,(H,29,34)/t28-/m0/s1. The van der Waals surface area contributed by atoms with Crippen LogP contribution in [0.3, 0.4) is 0 Å². The molecule has 204 valence electrons. The van der Waals surface area contributed by atoms with E-state index in [9.17, 15) is 14.4 Å². The Morgan fingerprint density at radius 1 is 1.03 bits per heavy atom. The number of nitrogens with one attached hydrogen (secondary N) is 1. The summed E-state index contributed by atoms with van der Waals surface area (Å²) in [6.07, 6.45) is -0.0101. The van der Waals surface area contributed by atoms with E-state index in [2.05, 4.69) is 25.0 Å². The van der Waals surface area contributed by atoms with E-state index in [1.807, 2.05) is 19.9 Å². The maximum atomic E-state index is 13.9. The molecule has 1 saturated heterocycles. The zero-order chi connectivity index (χ0) is 27.7. The molecule has 0 aromatic heterocycles. The van der Waals surface area contributed by atoms with E-state index in [0.29, 0.717) is 35.8 Å². The lowest BCUT2D eigenvalue weighted by Crippen LogP contribution is -2.53. The highest BCUT2D eigenvalue weighted by Crippen LogP contribution is 2.35. The molecule has 0 radical (unpaired) electrons. The summed E-state index contributed by atoms with van der Waals surface area (Å²) in [5.41, 5.74) is 0.480. The maximum absolute atomic E-state index is 13.9. The van der Waals surface area contributed by atoms with Gasteiger partial charge in [0.15, 0.2) is 5.54 Å². The molecule has 1 atom stereocenters. The molecule has 4 rings (SSSR count). The zero-order valence-electron chi connectivity index (χ0n) is 23.0. The Balaban J connectivity index is 1.62. The lowest BCUT2D eigenvalue weighted by atomic mass is 9.89. The summed E-state index contributed by atoms with van der Waals surface area (Å²) >= 11 is 0. The minimum Gasteiger partial charge on any atom is -0.497 e. The SMILES string of the molecule is COc1ccc2c(c1)C(=O)N(C[C@@]1(c3ccc(OC(C)C)cc3)NC(=O)N(COCC[Si](C)(C)C)C1=O)C2. The van der Waals surface area contributed by atoms with Gasteiger partial charge in [-0.1, -0.05) is 37.8 Å². The van der Waals surface area contributed by atoms with E-state index in [1.54, 1.807) is 48.4 Å². The number of benzene rings is 2. The topological polar surface area (TPSA) is 97.4 Å². The Morgan fingerprint density at radius 3 is 2.34 bits per heavy atom. The number of urea groups is 1. The number of carbonyl (C=O) groups is 3. The Bertz CT molecular complexity index is 1210. The molecule has 38 heavy (non-hydrogen) atoms. The van der Waals surface area contributed by atoms with Gasteiger partial charge < -0.3 is 24.4 Å². The maximum Gasteiger partial charge on any atom is 0.327 e. The van der Waals surface area contributed by atoms with Crippen LogP contribution in [-0.4, -0.2) is 68.8 Å². The van der Waals surface area contributed by atoms with Gasteiger partial charge >= 0.3 is 6.03 Å². The summed E-state index contributed by atoms with van der Waals surface area (Å²) in [5, 5.41) is 2.90. The first kappa shape index (κ1) is 27.7. The van der Waals surface area contributed by atoms with Crippen LogP contribution in [0.5, 0.6) is 11.5 Å². The monoisotopic (exact) mass is 539 g/mol. The van der Waals surface area contributed by atoms with Crippen LogP contribution in [0.1, 0.15) is 35.3 Å². The van der Waals surface area contributed by atoms with Crippen molar-refractivity contribution in [2.75, 3.05) is 27.0 Å². The van der Waals surface area contributed by atoms with Crippen molar-refractivity contribution in [3.8, 4) is 11.5 Å². The zero-order valence-corrected chi connectivity index (χ0v) is 24.0. The first-order valence-corrected chi connectivity index (χ1v) is 16.6. The fourth-order valence-corrected chi connectivity index (χ4v) is 5.40. The molecule has 0 spiro atoms. The summed E-state index contributed by atoms with van der Waals surface area (Å²) in [6.45, 7) is 11.2. The van der Waals surface area contributed by atoms with Crippen LogP contribution in [0.4, 0.5) is 4.79 Å². The molecule has 1 N–H and O–H groups in total. The van der Waals surface area contributed by atoms with Gasteiger partial charge in [-0.25, -0.2) is 9.69 Å². The summed E-state index contributed by atoms with van der Waals surface area (Å²) in [5.74, 6) is 0.569. The van der Waals surface area contributed by atoms with Crippen LogP contribution in [0.2, 0.25) is 25.7 Å². The summed E-state index contributed by atoms with van der Waals surface area (Å²) in [6, 6.07) is 12.8. The Kier molecular flexibility index (Phi) is 7.85. The number of hydrogen-bond acceptors (Lipinski definition) is 6. The van der Waals surface area contributed by atoms with Crippen molar-refractivity contribution in [3.05, 3.63) is 59.2 Å². The van der Waals surface area contributed by atoms with Gasteiger partial charge in [-0.2, -0.15) is 0 Å². The van der Waals surface area contributed by atoms with Crippen LogP contribution in [0.25, 0.3) is 0 Å². The molecule has 2 heterocycles. The van der Waals surface area contributed by atoms with Crippen molar-refractivity contribution in [2.24, 2.45) is 0 Å². The highest BCUT2D eigenvalue weighted by Gasteiger charge is 2.54. The fraction of sp³-hybridized carbons (Fsp3) is 0.464. The Hall–Kier alpha value is -3.37. The van der Waals surface area contributed by atoms with E-state index in [4.69, 9.17) is 14.2 Å². The number of rotatable bonds is 11. The Morgan fingerprint density at radius 2 is 1.71 bits per heavy atom. The number of amides is 4. The van der Waals surface area contributed by atoms with Crippen molar-refractivity contribution >= 4 is 25.9 Å². The molecule has 0 bridgehead atoms. The third kappa shape index (κ3) is 5.71. The highest BCUT2D eigenvalue weighted by atomic mass is 28.3. The van der Waals surface area contributed by atoms with Crippen LogP contribution < -0.4 is 14.8 Å². The van der Waals surface area contributed by atoms with Crippen molar-refractivity contribution in [2.45, 2.75) is 57.7 Å². The molecule has 1 fully saturated rings. The number of fused-ring (bicyclic) bond motifs is 1. The predicted molar refractivity (Wildman–Crippen MR) is 146 cm³/mol. The van der Waals surface area contributed by atoms with E-state index in [0.717, 1.165) is 16.5 Å². The molecule has 2 aliphatic rings. The molecule has 2 aliphatic heterocycles. The van der Waals surface area contributed by atoms with Crippen molar-refractivity contribution in [1.82, 2.24) is 15.1 Å². The third-order valence-corrected chi connectivity index (χ3v) is 8.44. The van der Waals surface area contributed by atoms with Gasteiger partial charge in [0.2, 0.25) is 0 Å². The third-order valence-electron chi connectivity index (χ3n) is 6.74. The van der Waals surface area contributed by atoms with Crippen molar-refractivity contribution < 1.29 is 28.6 Å². The molecular formula is C28H37N3O6Si. The largest absolute Gasteiger partial charge is 0.497 e. The van der Waals surface area contributed by atoms with E-state index >= 15 is 0 Å². The molecular weight excluding hydrogens is 502 g/mol. The van der Waals surface area contributed by atoms with Crippen LogP contribution in [0.15, 0.2) is 42.5 Å². The number of nitrogens with zero attached hydrogens (tertiary/aromatic N) is 2. The number of imide groups is 1. The molecule has 0 unspecified atom stereocenters. The summed E-state index contributed by atoms with van der Waals surface area (Å²) in [4.78, 5) is 43.1. The second-order valence-electron chi connectivity index (χ2n) is 11.3. The molecule has 10 heteroatoms. The van der Waals surface area contributed by atoms with Gasteiger partial charge in [0.1, 0.15) is 18.2 Å². The first-order valence-electron chi connectivity index (χ1n) is 12.9. The van der Waals surface area contributed by atoms with E-state index in [-0.39, 0.29) is 25.3 Å². The van der Waals surface area contributed by atoms with Crippen LogP contribution in [-0.2, 0) is 21.6 Å². The quantitative estimate of drug-likeness (QED) is 0.261. The van der Waals surface area contributed by atoms with Gasteiger partial charge in [-0.05, 0) is 55.3 Å². The van der Waals surface area contributed by atoms with E-state index in [1.165, 1.54) is 0 Å². The van der Waals surface area contributed by atoms with Gasteiger partial charge in [0.25, 0.3) is 11.8 Å². The minimum atomic E-state index is -1.46. The molecule has 2 aromatic carbocycles. The van der Waals surface area contributed by atoms with Crippen LogP contribution >= 0.6 is 0 Å². The van der Waals surface area contributed by atoms with Gasteiger partial charge in [-0.15, -0.1) is 0 Å². The lowest BCUT2D eigenvalue weighted by molar-refractivity contribution is -0.135. The van der Waals surface area contributed by atoms with E-state index < -0.39 is 25.6 Å². The lowest BCUT2D eigenvalue weighted by Gasteiger charge is -2.32. The molecule has 4 amide bonds. The second kappa shape index (κ2) is 10.8. The second-order valence-corrected chi connectivity index (χ2v) is 16.9. The highest BCUT2D eigenvalue weighted by molar-refractivity contribution is 6.76. The first-order chi connectivity index (χ1) is 17.9. The molecule has 9 nitrogen and oxygen atoms in total. The molecule has 0 saturated carbocycles. The average Bonchev–Trinajstić information content (AvgIpc) is 3.29. The number of methoxy groups -OCH3 is 1. The summed E-state index contributed by atoms with van der Waals surface area (Å²) in [7, 11) is 0.219. The number of carbonyl (C=O) groups excluding carboxylic acids is 3. The molecule has 0 aliphatic carbocycles. The number of ether oxygens (including phenoxy) is 3. The van der Waals surface area contributed by atoms with Crippen molar-refractivity contribution in [3.63, 3.8) is 0 Å². The van der Waals surface area contributed by atoms with Crippen LogP contribution in [0, 0.1) is 0 Å². The van der Waals surface area contributed by atoms with Gasteiger partial charge in [0.05, 0.1) is 19.8 Å². The van der Waals surface area contributed by atoms with Crippen molar-refractivity contribution in [1.29, 1.82) is 0 Å². The van der Waals surface area contributed by atoms with Gasteiger partial charge in [-0.3, -0.25) is 9.59 Å². The summed E-state index contributed by atoms with van der Waals surface area (Å²) < 4.78 is 16.8. The average molecular weight is 540 g/mol. The minimum absolute atomic E-state index is 0.0101. The normalized spacial score (nSPS) is 19.3.